The summed E-state index contributed by atoms with van der Waals surface area (Å²) in [6.45, 7) is 0. The second kappa shape index (κ2) is 6.37. The number of hydrogen-bond donors (Lipinski definition) is 0. The molecule has 0 saturated carbocycles. The van der Waals surface area contributed by atoms with Gasteiger partial charge in [0.1, 0.15) is 10.8 Å². The smallest absolute Gasteiger partial charge is 0.133 e. The SMILES string of the molecule is Fc1ccccc1-c1nc(-c2ccccc2)c(CCCl)s1. The number of alkyl halides is 1. The maximum atomic E-state index is 13.9. The highest BCUT2D eigenvalue weighted by Crippen LogP contribution is 2.35. The minimum absolute atomic E-state index is 0.247. The van der Waals surface area contributed by atoms with Crippen LogP contribution < -0.4 is 0 Å². The van der Waals surface area contributed by atoms with E-state index in [1.807, 2.05) is 36.4 Å². The van der Waals surface area contributed by atoms with Crippen LogP contribution >= 0.6 is 22.9 Å². The lowest BCUT2D eigenvalue weighted by molar-refractivity contribution is 0.631. The Morgan fingerprint density at radius 2 is 1.71 bits per heavy atom. The Labute approximate surface area is 132 Å². The lowest BCUT2D eigenvalue weighted by Crippen LogP contribution is -1.87. The minimum Gasteiger partial charge on any atom is -0.236 e. The first-order chi connectivity index (χ1) is 10.3. The third-order valence-corrected chi connectivity index (χ3v) is 4.51. The molecule has 2 aromatic carbocycles. The number of hydrogen-bond acceptors (Lipinski definition) is 2. The molecule has 0 amide bonds. The van der Waals surface area contributed by atoms with Crippen LogP contribution in [0.4, 0.5) is 4.39 Å². The van der Waals surface area contributed by atoms with E-state index in [0.29, 0.717) is 16.5 Å². The average Bonchev–Trinajstić information content (AvgIpc) is 2.93. The summed E-state index contributed by atoms with van der Waals surface area (Å²) >= 11 is 7.40. The lowest BCUT2D eigenvalue weighted by Gasteiger charge is -1.99. The van der Waals surface area contributed by atoms with Crippen LogP contribution in [0.15, 0.2) is 54.6 Å². The Hall–Kier alpha value is -1.71. The van der Waals surface area contributed by atoms with E-state index in [4.69, 9.17) is 11.6 Å². The van der Waals surface area contributed by atoms with Crippen molar-refractivity contribution >= 4 is 22.9 Å². The number of aryl methyl sites for hydroxylation is 1. The predicted molar refractivity (Wildman–Crippen MR) is 87.4 cm³/mol. The van der Waals surface area contributed by atoms with Crippen molar-refractivity contribution in [3.8, 4) is 21.8 Å². The van der Waals surface area contributed by atoms with Gasteiger partial charge < -0.3 is 0 Å². The van der Waals surface area contributed by atoms with Crippen molar-refractivity contribution in [2.24, 2.45) is 0 Å². The number of halogens is 2. The molecule has 3 aromatic rings. The third kappa shape index (κ3) is 2.99. The molecule has 21 heavy (non-hydrogen) atoms. The summed E-state index contributed by atoms with van der Waals surface area (Å²) in [7, 11) is 0. The normalized spacial score (nSPS) is 10.8. The van der Waals surface area contributed by atoms with Gasteiger partial charge in [0.2, 0.25) is 0 Å². The average molecular weight is 318 g/mol. The highest BCUT2D eigenvalue weighted by Gasteiger charge is 2.15. The van der Waals surface area contributed by atoms with Crippen molar-refractivity contribution in [1.29, 1.82) is 0 Å². The summed E-state index contributed by atoms with van der Waals surface area (Å²) in [4.78, 5) is 5.74. The molecule has 4 heteroatoms. The van der Waals surface area contributed by atoms with Crippen LogP contribution in [0.2, 0.25) is 0 Å². The van der Waals surface area contributed by atoms with Crippen LogP contribution in [0.1, 0.15) is 4.88 Å². The molecule has 0 fully saturated rings. The number of nitrogens with zero attached hydrogens (tertiary/aromatic N) is 1. The van der Waals surface area contributed by atoms with Crippen LogP contribution in [-0.4, -0.2) is 10.9 Å². The first kappa shape index (κ1) is 14.2. The van der Waals surface area contributed by atoms with Gasteiger partial charge in [-0.25, -0.2) is 9.37 Å². The van der Waals surface area contributed by atoms with E-state index in [2.05, 4.69) is 4.98 Å². The topological polar surface area (TPSA) is 12.9 Å². The van der Waals surface area contributed by atoms with Crippen LogP contribution in [-0.2, 0) is 6.42 Å². The second-order valence-electron chi connectivity index (χ2n) is 4.58. The fraction of sp³-hybridized carbons (Fsp3) is 0.118. The fourth-order valence-corrected chi connectivity index (χ4v) is 3.59. The van der Waals surface area contributed by atoms with E-state index in [1.165, 1.54) is 17.4 Å². The lowest BCUT2D eigenvalue weighted by atomic mass is 10.1. The van der Waals surface area contributed by atoms with Gasteiger partial charge in [-0.3, -0.25) is 0 Å². The molecule has 1 heterocycles. The number of rotatable bonds is 4. The van der Waals surface area contributed by atoms with Crippen molar-refractivity contribution in [3.63, 3.8) is 0 Å². The monoisotopic (exact) mass is 317 g/mol. The summed E-state index contributed by atoms with van der Waals surface area (Å²) in [5.41, 5.74) is 2.48. The zero-order valence-electron chi connectivity index (χ0n) is 11.2. The van der Waals surface area contributed by atoms with Crippen molar-refractivity contribution in [2.45, 2.75) is 6.42 Å². The fourth-order valence-electron chi connectivity index (χ4n) is 2.18. The van der Waals surface area contributed by atoms with Crippen molar-refractivity contribution in [1.82, 2.24) is 4.98 Å². The first-order valence-electron chi connectivity index (χ1n) is 6.65. The zero-order chi connectivity index (χ0) is 14.7. The molecule has 0 spiro atoms. The van der Waals surface area contributed by atoms with E-state index in [0.717, 1.165) is 22.6 Å². The number of aromatic nitrogens is 1. The van der Waals surface area contributed by atoms with Gasteiger partial charge in [-0.1, -0.05) is 42.5 Å². The summed E-state index contributed by atoms with van der Waals surface area (Å²) in [5, 5.41) is 0.701. The molecule has 3 rings (SSSR count). The maximum Gasteiger partial charge on any atom is 0.133 e. The van der Waals surface area contributed by atoms with Gasteiger partial charge in [0.15, 0.2) is 0 Å². The molecular formula is C17H13ClFNS. The third-order valence-electron chi connectivity index (χ3n) is 3.17. The van der Waals surface area contributed by atoms with Crippen molar-refractivity contribution < 1.29 is 4.39 Å². The Kier molecular flexibility index (Phi) is 4.32. The van der Waals surface area contributed by atoms with Gasteiger partial charge >= 0.3 is 0 Å². The molecule has 1 aromatic heterocycles. The van der Waals surface area contributed by atoms with Crippen LogP contribution in [0.25, 0.3) is 21.8 Å². The largest absolute Gasteiger partial charge is 0.236 e. The van der Waals surface area contributed by atoms with E-state index in [9.17, 15) is 4.39 Å². The Bertz CT molecular complexity index is 740. The van der Waals surface area contributed by atoms with E-state index in [-0.39, 0.29) is 5.82 Å². The van der Waals surface area contributed by atoms with E-state index < -0.39 is 0 Å². The van der Waals surface area contributed by atoms with Gasteiger partial charge in [0, 0.05) is 21.9 Å². The number of thiazole rings is 1. The Balaban J connectivity index is 2.11. The second-order valence-corrected chi connectivity index (χ2v) is 6.04. The van der Waals surface area contributed by atoms with Gasteiger partial charge in [0.25, 0.3) is 0 Å². The van der Waals surface area contributed by atoms with Gasteiger partial charge in [-0.05, 0) is 18.6 Å². The van der Waals surface area contributed by atoms with Gasteiger partial charge in [-0.15, -0.1) is 22.9 Å². The summed E-state index contributed by atoms with van der Waals surface area (Å²) in [5.74, 6) is 0.280. The maximum absolute atomic E-state index is 13.9. The molecule has 0 bridgehead atoms. The van der Waals surface area contributed by atoms with Crippen LogP contribution in [0, 0.1) is 5.82 Å². The first-order valence-corrected chi connectivity index (χ1v) is 8.00. The molecule has 0 aliphatic rings. The van der Waals surface area contributed by atoms with E-state index >= 15 is 0 Å². The molecule has 0 saturated heterocycles. The molecule has 0 N–H and O–H groups in total. The summed E-state index contributed by atoms with van der Waals surface area (Å²) in [6, 6.07) is 16.7. The molecule has 0 radical (unpaired) electrons. The standard InChI is InChI=1S/C17H13ClFNS/c18-11-10-15-16(12-6-2-1-3-7-12)20-17(21-15)13-8-4-5-9-14(13)19/h1-9H,10-11H2. The summed E-state index contributed by atoms with van der Waals surface area (Å²) in [6.07, 6.45) is 0.734. The van der Waals surface area contributed by atoms with Crippen molar-refractivity contribution in [2.75, 3.05) is 5.88 Å². The molecule has 1 nitrogen and oxygen atoms in total. The predicted octanol–water partition coefficient (Wildman–Crippen LogP) is 5.40. The molecule has 0 atom stereocenters. The Morgan fingerprint density at radius 3 is 2.43 bits per heavy atom. The summed E-state index contributed by atoms with van der Waals surface area (Å²) < 4.78 is 13.9. The van der Waals surface area contributed by atoms with Gasteiger partial charge in [-0.2, -0.15) is 0 Å². The van der Waals surface area contributed by atoms with Crippen LogP contribution in [0.5, 0.6) is 0 Å². The minimum atomic E-state index is -0.247. The van der Waals surface area contributed by atoms with Crippen molar-refractivity contribution in [3.05, 3.63) is 65.3 Å². The number of benzene rings is 2. The molecule has 0 aliphatic carbocycles. The van der Waals surface area contributed by atoms with E-state index in [1.54, 1.807) is 12.1 Å². The quantitative estimate of drug-likeness (QED) is 0.587. The molecule has 106 valence electrons. The molecular weight excluding hydrogens is 305 g/mol. The highest BCUT2D eigenvalue weighted by atomic mass is 35.5. The van der Waals surface area contributed by atoms with Gasteiger partial charge in [0.05, 0.1) is 5.69 Å². The highest BCUT2D eigenvalue weighted by molar-refractivity contribution is 7.15. The molecule has 0 aliphatic heterocycles. The Morgan fingerprint density at radius 1 is 1.00 bits per heavy atom. The zero-order valence-corrected chi connectivity index (χ0v) is 12.8. The molecule has 0 unspecified atom stereocenters. The van der Waals surface area contributed by atoms with Crippen LogP contribution in [0.3, 0.4) is 0 Å².